The lowest BCUT2D eigenvalue weighted by molar-refractivity contribution is -0.134. The van der Waals surface area contributed by atoms with Crippen LogP contribution in [-0.2, 0) is 11.3 Å². The molecule has 2 rings (SSSR count). The van der Waals surface area contributed by atoms with Crippen molar-refractivity contribution in [2.75, 3.05) is 0 Å². The number of thiazole rings is 1. The van der Waals surface area contributed by atoms with Crippen molar-refractivity contribution >= 4 is 17.2 Å². The van der Waals surface area contributed by atoms with Crippen LogP contribution in [0.2, 0.25) is 0 Å². The van der Waals surface area contributed by atoms with Gasteiger partial charge in [-0.2, -0.15) is 0 Å². The smallest absolute Gasteiger partial charge is 0.240 e. The van der Waals surface area contributed by atoms with Gasteiger partial charge in [0.1, 0.15) is 0 Å². The van der Waals surface area contributed by atoms with Crippen molar-refractivity contribution in [2.24, 2.45) is 11.7 Å². The lowest BCUT2D eigenvalue weighted by Crippen LogP contribution is -2.47. The van der Waals surface area contributed by atoms with Gasteiger partial charge in [-0.15, -0.1) is 11.3 Å². The zero-order valence-electron chi connectivity index (χ0n) is 10.3. The van der Waals surface area contributed by atoms with Gasteiger partial charge >= 0.3 is 0 Å². The summed E-state index contributed by atoms with van der Waals surface area (Å²) in [7, 11) is 0. The van der Waals surface area contributed by atoms with Gasteiger partial charge in [0.15, 0.2) is 0 Å². The van der Waals surface area contributed by atoms with Gasteiger partial charge in [0.2, 0.25) is 5.91 Å². The molecule has 1 aromatic rings. The van der Waals surface area contributed by atoms with E-state index in [1.165, 1.54) is 0 Å². The van der Waals surface area contributed by atoms with E-state index >= 15 is 0 Å². The van der Waals surface area contributed by atoms with E-state index in [2.05, 4.69) is 4.98 Å². The molecule has 0 spiro atoms. The molecule has 1 heterocycles. The van der Waals surface area contributed by atoms with Crippen molar-refractivity contribution in [1.82, 2.24) is 9.88 Å². The van der Waals surface area contributed by atoms with Gasteiger partial charge in [0, 0.05) is 17.1 Å². The number of nitrogens with two attached hydrogens (primary N) is 1. The molecule has 1 saturated carbocycles. The third-order valence-corrected chi connectivity index (χ3v) is 3.85. The molecule has 1 atom stereocenters. The summed E-state index contributed by atoms with van der Waals surface area (Å²) in [6, 6.07) is 0.0120. The second kappa shape index (κ2) is 5.14. The fourth-order valence-electron chi connectivity index (χ4n) is 1.74. The monoisotopic (exact) mass is 253 g/mol. The largest absolute Gasteiger partial charge is 0.333 e. The maximum absolute atomic E-state index is 12.3. The quantitative estimate of drug-likeness (QED) is 0.867. The number of hydrogen-bond acceptors (Lipinski definition) is 4. The average Bonchev–Trinajstić information content (AvgIpc) is 3.01. The highest BCUT2D eigenvalue weighted by atomic mass is 32.1. The number of aromatic nitrogens is 1. The molecule has 0 saturated heterocycles. The van der Waals surface area contributed by atoms with E-state index in [1.54, 1.807) is 16.8 Å². The normalized spacial score (nSPS) is 17.2. The Labute approximate surface area is 106 Å². The lowest BCUT2D eigenvalue weighted by Gasteiger charge is -2.26. The number of nitrogens with zero attached hydrogens (tertiary/aromatic N) is 2. The van der Waals surface area contributed by atoms with Gasteiger partial charge in [-0.05, 0) is 18.8 Å². The minimum Gasteiger partial charge on any atom is -0.333 e. The number of carbonyl (C=O) groups excluding carboxylic acids is 1. The molecule has 1 aromatic heterocycles. The highest BCUT2D eigenvalue weighted by Gasteiger charge is 2.35. The first-order valence-corrected chi connectivity index (χ1v) is 6.91. The predicted molar refractivity (Wildman–Crippen MR) is 68.5 cm³/mol. The fourth-order valence-corrected chi connectivity index (χ4v) is 2.33. The summed E-state index contributed by atoms with van der Waals surface area (Å²) in [5.41, 5.74) is 7.75. The highest BCUT2D eigenvalue weighted by molar-refractivity contribution is 7.09. The lowest BCUT2D eigenvalue weighted by atomic mass is 10.0. The van der Waals surface area contributed by atoms with Crippen molar-refractivity contribution in [1.29, 1.82) is 0 Å². The first-order chi connectivity index (χ1) is 8.09. The topological polar surface area (TPSA) is 59.2 Å². The molecule has 1 aliphatic rings. The number of carbonyl (C=O) groups is 1. The molecule has 0 aromatic carbocycles. The zero-order chi connectivity index (χ0) is 12.4. The Morgan fingerprint density at radius 2 is 2.35 bits per heavy atom. The van der Waals surface area contributed by atoms with E-state index in [-0.39, 0.29) is 17.9 Å². The first kappa shape index (κ1) is 12.5. The molecule has 0 aliphatic heterocycles. The molecule has 0 unspecified atom stereocenters. The molecule has 1 fully saturated rings. The summed E-state index contributed by atoms with van der Waals surface area (Å²) in [6.45, 7) is 4.63. The molecule has 5 heteroatoms. The summed E-state index contributed by atoms with van der Waals surface area (Å²) >= 11 is 1.59. The maximum atomic E-state index is 12.3. The van der Waals surface area contributed by atoms with Crippen LogP contribution < -0.4 is 5.73 Å². The Bertz CT molecular complexity index is 373. The Kier molecular flexibility index (Phi) is 3.79. The van der Waals surface area contributed by atoms with E-state index in [0.29, 0.717) is 12.6 Å². The summed E-state index contributed by atoms with van der Waals surface area (Å²) in [5, 5.41) is 0. The molecule has 17 heavy (non-hydrogen) atoms. The SMILES string of the molecule is CC(C)[C@H](N)C(=O)N(Cc1cncs1)C1CC1. The minimum absolute atomic E-state index is 0.0795. The van der Waals surface area contributed by atoms with Crippen LogP contribution in [0.15, 0.2) is 11.7 Å². The third-order valence-electron chi connectivity index (χ3n) is 3.08. The maximum Gasteiger partial charge on any atom is 0.240 e. The van der Waals surface area contributed by atoms with E-state index in [0.717, 1.165) is 17.7 Å². The van der Waals surface area contributed by atoms with Crippen molar-refractivity contribution in [3.8, 4) is 0 Å². The second-order valence-corrected chi connectivity index (χ2v) is 5.91. The van der Waals surface area contributed by atoms with E-state index in [1.807, 2.05) is 24.9 Å². The van der Waals surface area contributed by atoms with Crippen LogP contribution in [-0.4, -0.2) is 27.9 Å². The summed E-state index contributed by atoms with van der Waals surface area (Å²) < 4.78 is 0. The molecule has 1 amide bonds. The Morgan fingerprint density at radius 3 is 2.82 bits per heavy atom. The van der Waals surface area contributed by atoms with E-state index in [4.69, 9.17) is 5.73 Å². The Morgan fingerprint density at radius 1 is 1.65 bits per heavy atom. The molecular weight excluding hydrogens is 234 g/mol. The molecule has 0 bridgehead atoms. The number of amides is 1. The second-order valence-electron chi connectivity index (χ2n) is 4.93. The van der Waals surface area contributed by atoms with Crippen molar-refractivity contribution < 1.29 is 4.79 Å². The van der Waals surface area contributed by atoms with Crippen LogP contribution in [0, 0.1) is 5.92 Å². The standard InChI is InChI=1S/C12H19N3OS/c1-8(2)11(13)12(16)15(9-3-4-9)6-10-5-14-7-17-10/h5,7-9,11H,3-4,6,13H2,1-2H3/t11-/m0/s1. The van der Waals surface area contributed by atoms with Crippen LogP contribution >= 0.6 is 11.3 Å². The number of hydrogen-bond donors (Lipinski definition) is 1. The van der Waals surface area contributed by atoms with Crippen LogP contribution in [0.4, 0.5) is 0 Å². The first-order valence-electron chi connectivity index (χ1n) is 6.03. The Balaban J connectivity index is 2.04. The van der Waals surface area contributed by atoms with Gasteiger partial charge in [0.25, 0.3) is 0 Å². The van der Waals surface area contributed by atoms with Crippen molar-refractivity contribution in [2.45, 2.75) is 45.3 Å². The molecule has 4 nitrogen and oxygen atoms in total. The van der Waals surface area contributed by atoms with Crippen LogP contribution in [0.3, 0.4) is 0 Å². The van der Waals surface area contributed by atoms with Gasteiger partial charge in [0.05, 0.1) is 18.1 Å². The predicted octanol–water partition coefficient (Wildman–Crippen LogP) is 1.62. The Hall–Kier alpha value is -0.940. The summed E-state index contributed by atoms with van der Waals surface area (Å²) in [6.07, 6.45) is 4.04. The average molecular weight is 253 g/mol. The summed E-state index contributed by atoms with van der Waals surface area (Å²) in [4.78, 5) is 19.4. The van der Waals surface area contributed by atoms with Crippen LogP contribution in [0.5, 0.6) is 0 Å². The van der Waals surface area contributed by atoms with Gasteiger partial charge in [-0.3, -0.25) is 9.78 Å². The van der Waals surface area contributed by atoms with Crippen LogP contribution in [0.25, 0.3) is 0 Å². The molecule has 1 aliphatic carbocycles. The molecule has 94 valence electrons. The van der Waals surface area contributed by atoms with E-state index < -0.39 is 0 Å². The van der Waals surface area contributed by atoms with Gasteiger partial charge < -0.3 is 10.6 Å². The zero-order valence-corrected chi connectivity index (χ0v) is 11.1. The molecule has 2 N–H and O–H groups in total. The van der Waals surface area contributed by atoms with Crippen molar-refractivity contribution in [3.63, 3.8) is 0 Å². The van der Waals surface area contributed by atoms with Gasteiger partial charge in [-0.25, -0.2) is 0 Å². The molecule has 0 radical (unpaired) electrons. The van der Waals surface area contributed by atoms with Gasteiger partial charge in [-0.1, -0.05) is 13.8 Å². The molecular formula is C12H19N3OS. The van der Waals surface area contributed by atoms with Crippen molar-refractivity contribution in [3.05, 3.63) is 16.6 Å². The van der Waals surface area contributed by atoms with Crippen LogP contribution in [0.1, 0.15) is 31.6 Å². The van der Waals surface area contributed by atoms with E-state index in [9.17, 15) is 4.79 Å². The fraction of sp³-hybridized carbons (Fsp3) is 0.667. The highest BCUT2D eigenvalue weighted by Crippen LogP contribution is 2.29. The number of rotatable bonds is 5. The minimum atomic E-state index is -0.386. The third kappa shape index (κ3) is 3.04. The summed E-state index contributed by atoms with van der Waals surface area (Å²) in [5.74, 6) is 0.265.